The summed E-state index contributed by atoms with van der Waals surface area (Å²) >= 11 is 0. The fourth-order valence-electron chi connectivity index (χ4n) is 3.12. The van der Waals surface area contributed by atoms with Crippen molar-refractivity contribution >= 4 is 17.5 Å². The summed E-state index contributed by atoms with van der Waals surface area (Å²) < 4.78 is 12.9. The Morgan fingerprint density at radius 1 is 0.923 bits per heavy atom. The van der Waals surface area contributed by atoms with Gasteiger partial charge in [-0.05, 0) is 43.2 Å². The van der Waals surface area contributed by atoms with Crippen LogP contribution >= 0.6 is 0 Å². The van der Waals surface area contributed by atoms with Crippen LogP contribution in [-0.2, 0) is 0 Å². The number of amides is 2. The molecule has 1 aromatic carbocycles. The molecule has 136 valence electrons. The van der Waals surface area contributed by atoms with Gasteiger partial charge in [-0.2, -0.15) is 0 Å². The molecule has 1 aliphatic carbocycles. The molecule has 26 heavy (non-hydrogen) atoms. The molecule has 2 amide bonds. The maximum atomic E-state index is 12.9. The van der Waals surface area contributed by atoms with Gasteiger partial charge in [0.15, 0.2) is 0 Å². The Hall–Kier alpha value is -2.76. The van der Waals surface area contributed by atoms with Gasteiger partial charge >= 0.3 is 0 Å². The van der Waals surface area contributed by atoms with Crippen LogP contribution < -0.4 is 10.6 Å². The van der Waals surface area contributed by atoms with E-state index >= 15 is 0 Å². The van der Waals surface area contributed by atoms with E-state index in [0.29, 0.717) is 11.3 Å². The molecule has 2 aromatic rings. The molecule has 0 atom stereocenters. The van der Waals surface area contributed by atoms with Gasteiger partial charge in [-0.25, -0.2) is 4.39 Å². The molecular formula is C20H22FN3O2. The highest BCUT2D eigenvalue weighted by molar-refractivity contribution is 6.05. The maximum Gasteiger partial charge on any atom is 0.257 e. The summed E-state index contributed by atoms with van der Waals surface area (Å²) in [6.45, 7) is 0. The van der Waals surface area contributed by atoms with Crippen LogP contribution in [0, 0.1) is 5.82 Å². The SMILES string of the molecule is O=C(Nc1ccc(F)cc1)c1cncc(C(=O)NC2CCCCCC2)c1. The van der Waals surface area contributed by atoms with Crippen molar-refractivity contribution in [2.75, 3.05) is 5.32 Å². The van der Waals surface area contributed by atoms with Gasteiger partial charge in [0.25, 0.3) is 11.8 Å². The van der Waals surface area contributed by atoms with E-state index in [1.807, 2.05) is 0 Å². The molecule has 1 fully saturated rings. The van der Waals surface area contributed by atoms with Crippen molar-refractivity contribution in [2.24, 2.45) is 0 Å². The van der Waals surface area contributed by atoms with Crippen LogP contribution in [0.1, 0.15) is 59.2 Å². The number of nitrogens with zero attached hydrogens (tertiary/aromatic N) is 1. The first-order valence-corrected chi connectivity index (χ1v) is 8.94. The first-order valence-electron chi connectivity index (χ1n) is 8.94. The predicted molar refractivity (Wildman–Crippen MR) is 97.5 cm³/mol. The van der Waals surface area contributed by atoms with Crippen LogP contribution in [0.25, 0.3) is 0 Å². The van der Waals surface area contributed by atoms with E-state index in [9.17, 15) is 14.0 Å². The van der Waals surface area contributed by atoms with Crippen molar-refractivity contribution in [2.45, 2.75) is 44.6 Å². The van der Waals surface area contributed by atoms with E-state index < -0.39 is 5.91 Å². The molecule has 1 heterocycles. The van der Waals surface area contributed by atoms with Crippen molar-refractivity contribution < 1.29 is 14.0 Å². The zero-order chi connectivity index (χ0) is 18.4. The lowest BCUT2D eigenvalue weighted by Gasteiger charge is -2.16. The van der Waals surface area contributed by atoms with Gasteiger partial charge in [-0.1, -0.05) is 25.7 Å². The summed E-state index contributed by atoms with van der Waals surface area (Å²) in [5, 5.41) is 5.71. The molecule has 2 N–H and O–H groups in total. The third-order valence-electron chi connectivity index (χ3n) is 4.56. The number of pyridine rings is 1. The lowest BCUT2D eigenvalue weighted by Crippen LogP contribution is -2.34. The highest BCUT2D eigenvalue weighted by Crippen LogP contribution is 2.18. The third-order valence-corrected chi connectivity index (χ3v) is 4.56. The Morgan fingerprint density at radius 2 is 1.54 bits per heavy atom. The molecule has 3 rings (SSSR count). The molecule has 1 saturated carbocycles. The van der Waals surface area contributed by atoms with Crippen LogP contribution in [0.2, 0.25) is 0 Å². The minimum absolute atomic E-state index is 0.182. The number of nitrogens with one attached hydrogen (secondary N) is 2. The van der Waals surface area contributed by atoms with E-state index in [-0.39, 0.29) is 23.3 Å². The number of anilines is 1. The largest absolute Gasteiger partial charge is 0.349 e. The minimum Gasteiger partial charge on any atom is -0.349 e. The smallest absolute Gasteiger partial charge is 0.257 e. The second-order valence-electron chi connectivity index (χ2n) is 6.59. The Morgan fingerprint density at radius 3 is 2.19 bits per heavy atom. The second kappa shape index (κ2) is 8.56. The number of carbonyl (C=O) groups excluding carboxylic acids is 2. The molecule has 1 aliphatic rings. The van der Waals surface area contributed by atoms with E-state index in [4.69, 9.17) is 0 Å². The van der Waals surface area contributed by atoms with E-state index in [0.717, 1.165) is 25.7 Å². The second-order valence-corrected chi connectivity index (χ2v) is 6.59. The Kier molecular flexibility index (Phi) is 5.94. The molecule has 6 heteroatoms. The fraction of sp³-hybridized carbons (Fsp3) is 0.350. The van der Waals surface area contributed by atoms with Gasteiger partial charge in [0.05, 0.1) is 11.1 Å². The summed E-state index contributed by atoms with van der Waals surface area (Å²) in [7, 11) is 0. The lowest BCUT2D eigenvalue weighted by molar-refractivity contribution is 0.0933. The first-order chi connectivity index (χ1) is 12.6. The van der Waals surface area contributed by atoms with Crippen LogP contribution in [0.15, 0.2) is 42.7 Å². The molecule has 0 aliphatic heterocycles. The third kappa shape index (κ3) is 4.88. The highest BCUT2D eigenvalue weighted by Gasteiger charge is 2.17. The predicted octanol–water partition coefficient (Wildman–Crippen LogP) is 3.93. The normalized spacial score (nSPS) is 15.1. The van der Waals surface area contributed by atoms with Crippen molar-refractivity contribution in [3.63, 3.8) is 0 Å². The van der Waals surface area contributed by atoms with E-state index in [2.05, 4.69) is 15.6 Å². The van der Waals surface area contributed by atoms with Crippen LogP contribution in [0.4, 0.5) is 10.1 Å². The van der Waals surface area contributed by atoms with Crippen molar-refractivity contribution in [1.82, 2.24) is 10.3 Å². The highest BCUT2D eigenvalue weighted by atomic mass is 19.1. The van der Waals surface area contributed by atoms with E-state index in [1.165, 1.54) is 55.6 Å². The summed E-state index contributed by atoms with van der Waals surface area (Å²) in [5.41, 5.74) is 1.12. The summed E-state index contributed by atoms with van der Waals surface area (Å²) in [6, 6.07) is 7.20. The molecule has 0 bridgehead atoms. The molecule has 1 aromatic heterocycles. The van der Waals surface area contributed by atoms with Gasteiger partial charge in [-0.3, -0.25) is 14.6 Å². The summed E-state index contributed by atoms with van der Waals surface area (Å²) in [4.78, 5) is 28.8. The quantitative estimate of drug-likeness (QED) is 0.817. The zero-order valence-electron chi connectivity index (χ0n) is 14.5. The number of benzene rings is 1. The van der Waals surface area contributed by atoms with Gasteiger partial charge in [0.1, 0.15) is 5.82 Å². The van der Waals surface area contributed by atoms with Crippen molar-refractivity contribution in [3.05, 3.63) is 59.7 Å². The monoisotopic (exact) mass is 355 g/mol. The average molecular weight is 355 g/mol. The molecule has 0 unspecified atom stereocenters. The topological polar surface area (TPSA) is 71.1 Å². The molecule has 0 spiro atoms. The Balaban J connectivity index is 1.65. The molecule has 0 saturated heterocycles. The van der Waals surface area contributed by atoms with Crippen molar-refractivity contribution in [1.29, 1.82) is 0 Å². The first kappa shape index (κ1) is 18.0. The molecule has 5 nitrogen and oxygen atoms in total. The van der Waals surface area contributed by atoms with Crippen LogP contribution in [0.5, 0.6) is 0 Å². The standard InChI is InChI=1S/C20H22FN3O2/c21-16-7-9-18(10-8-16)24-20(26)15-11-14(12-22-13-15)19(25)23-17-5-3-1-2-4-6-17/h7-13,17H,1-6H2,(H,23,25)(H,24,26). The minimum atomic E-state index is -0.395. The lowest BCUT2D eigenvalue weighted by atomic mass is 10.1. The Bertz CT molecular complexity index is 769. The summed E-state index contributed by atoms with van der Waals surface area (Å²) in [5.74, 6) is -0.976. The average Bonchev–Trinajstić information content (AvgIpc) is 2.92. The number of halogens is 1. The molecular weight excluding hydrogens is 333 g/mol. The number of hydrogen-bond acceptors (Lipinski definition) is 3. The van der Waals surface area contributed by atoms with Gasteiger partial charge < -0.3 is 10.6 Å². The maximum absolute atomic E-state index is 12.9. The van der Waals surface area contributed by atoms with Crippen molar-refractivity contribution in [3.8, 4) is 0 Å². The van der Waals surface area contributed by atoms with Crippen LogP contribution in [0.3, 0.4) is 0 Å². The molecule has 0 radical (unpaired) electrons. The van der Waals surface area contributed by atoms with Crippen LogP contribution in [-0.4, -0.2) is 22.8 Å². The fourth-order valence-corrected chi connectivity index (χ4v) is 3.12. The number of carbonyl (C=O) groups is 2. The summed E-state index contributed by atoms with van der Waals surface area (Å²) in [6.07, 6.45) is 9.53. The zero-order valence-corrected chi connectivity index (χ0v) is 14.5. The van der Waals surface area contributed by atoms with Gasteiger partial charge in [0.2, 0.25) is 0 Å². The Labute approximate surface area is 152 Å². The number of aromatic nitrogens is 1. The number of rotatable bonds is 4. The van der Waals surface area contributed by atoms with Gasteiger partial charge in [-0.15, -0.1) is 0 Å². The van der Waals surface area contributed by atoms with Gasteiger partial charge in [0, 0.05) is 24.1 Å². The van der Waals surface area contributed by atoms with E-state index in [1.54, 1.807) is 0 Å². The number of hydrogen-bond donors (Lipinski definition) is 2.